The summed E-state index contributed by atoms with van der Waals surface area (Å²) in [6.07, 6.45) is 0. The van der Waals surface area contributed by atoms with Gasteiger partial charge in [0.1, 0.15) is 4.90 Å². The fourth-order valence-electron chi connectivity index (χ4n) is 1.45. The zero-order valence-corrected chi connectivity index (χ0v) is 12.6. The molecule has 21 heavy (non-hydrogen) atoms. The lowest BCUT2D eigenvalue weighted by atomic mass is 10.3. The lowest BCUT2D eigenvalue weighted by Gasteiger charge is -2.10. The third kappa shape index (κ3) is 4.93. The van der Waals surface area contributed by atoms with Gasteiger partial charge in [-0.1, -0.05) is 0 Å². The first-order chi connectivity index (χ1) is 9.57. The number of hydrogen-bond donors (Lipinski definition) is 3. The molecule has 0 saturated carbocycles. The van der Waals surface area contributed by atoms with Crippen LogP contribution in [-0.2, 0) is 20.0 Å². The predicted molar refractivity (Wildman–Crippen MR) is 75.8 cm³/mol. The number of hydrogen-bond acceptors (Lipinski definition) is 7. The molecule has 0 aliphatic heterocycles. The van der Waals surface area contributed by atoms with Gasteiger partial charge in [0, 0.05) is 25.7 Å². The Morgan fingerprint density at radius 2 is 1.90 bits per heavy atom. The maximum absolute atomic E-state index is 12.1. The van der Waals surface area contributed by atoms with Gasteiger partial charge in [-0.2, -0.15) is 0 Å². The third-order valence-corrected chi connectivity index (χ3v) is 4.69. The minimum absolute atomic E-state index is 0.142. The zero-order chi connectivity index (χ0) is 16.3. The van der Waals surface area contributed by atoms with Crippen molar-refractivity contribution in [3.05, 3.63) is 28.3 Å². The molecule has 1 aromatic rings. The molecule has 0 radical (unpaired) electrons. The summed E-state index contributed by atoms with van der Waals surface area (Å²) in [5.74, 6) is -0.587. The average Bonchev–Trinajstić information content (AvgIpc) is 2.36. The van der Waals surface area contributed by atoms with Gasteiger partial charge < -0.3 is 5.32 Å². The summed E-state index contributed by atoms with van der Waals surface area (Å²) in [6, 6.07) is 3.27. The van der Waals surface area contributed by atoms with E-state index in [1.165, 1.54) is 13.1 Å². The van der Waals surface area contributed by atoms with Gasteiger partial charge in [-0.25, -0.2) is 26.7 Å². The van der Waals surface area contributed by atoms with E-state index in [9.17, 15) is 26.9 Å². The Hall–Kier alpha value is -1.76. The van der Waals surface area contributed by atoms with Gasteiger partial charge in [-0.15, -0.1) is 0 Å². The first kappa shape index (κ1) is 17.3. The van der Waals surface area contributed by atoms with Crippen molar-refractivity contribution in [2.24, 2.45) is 5.14 Å². The molecule has 10 nitrogen and oxygen atoms in total. The van der Waals surface area contributed by atoms with Crippen LogP contribution in [0.25, 0.3) is 0 Å². The topological polar surface area (TPSA) is 162 Å². The van der Waals surface area contributed by atoms with Gasteiger partial charge in [0.2, 0.25) is 20.0 Å². The number of nitrogens with zero attached hydrogens (tertiary/aromatic N) is 1. The van der Waals surface area contributed by atoms with Crippen LogP contribution >= 0.6 is 0 Å². The fourth-order valence-corrected chi connectivity index (χ4v) is 3.23. The zero-order valence-electron chi connectivity index (χ0n) is 10.9. The van der Waals surface area contributed by atoms with E-state index in [1.54, 1.807) is 0 Å². The summed E-state index contributed by atoms with van der Waals surface area (Å²) in [4.78, 5) is 9.61. The van der Waals surface area contributed by atoms with Crippen molar-refractivity contribution < 1.29 is 21.8 Å². The number of nitrogens with one attached hydrogen (secondary N) is 2. The number of non-ortho nitro benzene ring substituents is 1. The van der Waals surface area contributed by atoms with Gasteiger partial charge in [-0.3, -0.25) is 10.1 Å². The van der Waals surface area contributed by atoms with Crippen LogP contribution in [0.4, 0.5) is 11.4 Å². The van der Waals surface area contributed by atoms with Crippen molar-refractivity contribution in [1.82, 2.24) is 4.72 Å². The van der Waals surface area contributed by atoms with E-state index in [0.717, 1.165) is 12.1 Å². The molecule has 0 unspecified atom stereocenters. The van der Waals surface area contributed by atoms with E-state index in [4.69, 9.17) is 5.14 Å². The minimum Gasteiger partial charge on any atom is -0.387 e. The molecule has 0 saturated heterocycles. The Morgan fingerprint density at radius 3 is 2.38 bits per heavy atom. The summed E-state index contributed by atoms with van der Waals surface area (Å²) in [7, 11) is -6.49. The number of nitrogens with two attached hydrogens (primary N) is 1. The summed E-state index contributed by atoms with van der Waals surface area (Å²) in [5, 5.41) is 18.0. The minimum atomic E-state index is -4.12. The first-order valence-electron chi connectivity index (χ1n) is 5.53. The highest BCUT2D eigenvalue weighted by Gasteiger charge is 2.22. The SMILES string of the molecule is CNc1ccc([N+](=O)[O-])cc1S(=O)(=O)NCCS(N)(=O)=O. The van der Waals surface area contributed by atoms with Gasteiger partial charge in [-0.05, 0) is 6.07 Å². The van der Waals surface area contributed by atoms with Crippen LogP contribution in [0.3, 0.4) is 0 Å². The lowest BCUT2D eigenvalue weighted by Crippen LogP contribution is -2.31. The van der Waals surface area contributed by atoms with Gasteiger partial charge >= 0.3 is 0 Å². The van der Waals surface area contributed by atoms with E-state index in [2.05, 4.69) is 5.32 Å². The number of nitro benzene ring substituents is 1. The smallest absolute Gasteiger partial charge is 0.270 e. The molecule has 0 bridgehead atoms. The molecule has 118 valence electrons. The lowest BCUT2D eigenvalue weighted by molar-refractivity contribution is -0.385. The predicted octanol–water partition coefficient (Wildman–Crippen LogP) is -0.797. The number of rotatable bonds is 7. The molecule has 0 atom stereocenters. The molecule has 1 aromatic carbocycles. The molecule has 0 aliphatic carbocycles. The number of nitro groups is 1. The number of anilines is 1. The highest BCUT2D eigenvalue weighted by molar-refractivity contribution is 7.90. The van der Waals surface area contributed by atoms with Crippen molar-refractivity contribution in [3.63, 3.8) is 0 Å². The fraction of sp³-hybridized carbons (Fsp3) is 0.333. The summed E-state index contributed by atoms with van der Waals surface area (Å²) in [5.41, 5.74) is -0.260. The quantitative estimate of drug-likeness (QED) is 0.433. The van der Waals surface area contributed by atoms with Gasteiger partial charge in [0.05, 0.1) is 16.4 Å². The molecule has 0 fully saturated rings. The van der Waals surface area contributed by atoms with Crippen LogP contribution in [0.2, 0.25) is 0 Å². The van der Waals surface area contributed by atoms with Crippen LogP contribution < -0.4 is 15.2 Å². The maximum Gasteiger partial charge on any atom is 0.270 e. The highest BCUT2D eigenvalue weighted by Crippen LogP contribution is 2.25. The molecular formula is C9H14N4O6S2. The molecule has 0 spiro atoms. The number of sulfonamides is 2. The van der Waals surface area contributed by atoms with Crippen molar-refractivity contribution in [3.8, 4) is 0 Å². The monoisotopic (exact) mass is 338 g/mol. The Bertz CT molecular complexity index is 744. The van der Waals surface area contributed by atoms with Crippen LogP contribution in [0, 0.1) is 10.1 Å². The van der Waals surface area contributed by atoms with Crippen LogP contribution in [0.1, 0.15) is 0 Å². The second-order valence-corrected chi connectivity index (χ2v) is 7.42. The molecular weight excluding hydrogens is 324 g/mol. The average molecular weight is 338 g/mol. The highest BCUT2D eigenvalue weighted by atomic mass is 32.2. The van der Waals surface area contributed by atoms with E-state index in [1.807, 2.05) is 4.72 Å². The second-order valence-electron chi connectivity index (χ2n) is 3.95. The molecule has 0 aliphatic rings. The van der Waals surface area contributed by atoms with Crippen molar-refractivity contribution in [2.45, 2.75) is 4.90 Å². The summed E-state index contributed by atoms with van der Waals surface area (Å²) in [6.45, 7) is -0.437. The largest absolute Gasteiger partial charge is 0.387 e. The number of primary sulfonamides is 1. The second kappa shape index (κ2) is 6.34. The normalized spacial score (nSPS) is 12.1. The van der Waals surface area contributed by atoms with Crippen molar-refractivity contribution >= 4 is 31.4 Å². The van der Waals surface area contributed by atoms with E-state index in [0.29, 0.717) is 0 Å². The Morgan fingerprint density at radius 1 is 1.29 bits per heavy atom. The maximum atomic E-state index is 12.1. The number of benzene rings is 1. The molecule has 1 rings (SSSR count). The summed E-state index contributed by atoms with van der Waals surface area (Å²) < 4.78 is 47.7. The van der Waals surface area contributed by atoms with E-state index >= 15 is 0 Å². The third-order valence-electron chi connectivity index (χ3n) is 2.41. The Labute approximate surface area is 121 Å². The molecule has 0 aromatic heterocycles. The molecule has 4 N–H and O–H groups in total. The summed E-state index contributed by atoms with van der Waals surface area (Å²) >= 11 is 0. The van der Waals surface area contributed by atoms with Crippen LogP contribution in [0.5, 0.6) is 0 Å². The molecule has 0 heterocycles. The molecule has 12 heteroatoms. The van der Waals surface area contributed by atoms with Gasteiger partial charge in [0.15, 0.2) is 0 Å². The van der Waals surface area contributed by atoms with Crippen molar-refractivity contribution in [2.75, 3.05) is 24.7 Å². The van der Waals surface area contributed by atoms with E-state index in [-0.39, 0.29) is 10.6 Å². The van der Waals surface area contributed by atoms with Crippen LogP contribution in [-0.4, -0.2) is 41.1 Å². The van der Waals surface area contributed by atoms with Crippen molar-refractivity contribution in [1.29, 1.82) is 0 Å². The Kier molecular flexibility index (Phi) is 5.22. The Balaban J connectivity index is 3.11. The standard InChI is InChI=1S/C9H14N4O6S2/c1-11-8-3-2-7(13(14)15)6-9(8)21(18,19)12-4-5-20(10,16)17/h2-3,6,11-12H,4-5H2,1H3,(H2,10,16,17). The van der Waals surface area contributed by atoms with E-state index < -0.39 is 43.0 Å². The van der Waals surface area contributed by atoms with Crippen LogP contribution in [0.15, 0.2) is 23.1 Å². The molecule has 0 amide bonds. The first-order valence-corrected chi connectivity index (χ1v) is 8.73. The van der Waals surface area contributed by atoms with Gasteiger partial charge in [0.25, 0.3) is 5.69 Å².